The van der Waals surface area contributed by atoms with Gasteiger partial charge in [0.15, 0.2) is 0 Å². The molecule has 0 unspecified atom stereocenters. The molecule has 2 N–H and O–H groups in total. The van der Waals surface area contributed by atoms with Crippen LogP contribution in [0.15, 0.2) is 48.5 Å². The van der Waals surface area contributed by atoms with Gasteiger partial charge in [0.2, 0.25) is 5.91 Å². The minimum absolute atomic E-state index is 0.00960. The van der Waals surface area contributed by atoms with Gasteiger partial charge in [0.25, 0.3) is 11.8 Å². The number of benzene rings is 2. The molecule has 176 valence electrons. The second kappa shape index (κ2) is 12.0. The Hall–Kier alpha value is -3.35. The van der Waals surface area contributed by atoms with Crippen LogP contribution in [0.1, 0.15) is 60.2 Å². The van der Waals surface area contributed by atoms with Crippen molar-refractivity contribution >= 4 is 29.1 Å². The summed E-state index contributed by atoms with van der Waals surface area (Å²) < 4.78 is 0. The summed E-state index contributed by atoms with van der Waals surface area (Å²) in [5.41, 5.74) is 2.60. The maximum absolute atomic E-state index is 12.8. The summed E-state index contributed by atoms with van der Waals surface area (Å²) in [5, 5.41) is 5.92. The summed E-state index contributed by atoms with van der Waals surface area (Å²) in [6.07, 6.45) is 3.94. The van der Waals surface area contributed by atoms with Crippen molar-refractivity contribution in [2.24, 2.45) is 0 Å². The smallest absolute Gasteiger partial charge is 0.253 e. The fourth-order valence-corrected chi connectivity index (χ4v) is 3.99. The molecule has 0 aliphatic carbocycles. The van der Waals surface area contributed by atoms with Crippen LogP contribution < -0.4 is 10.6 Å². The van der Waals surface area contributed by atoms with Crippen LogP contribution in [0.5, 0.6) is 0 Å². The summed E-state index contributed by atoms with van der Waals surface area (Å²) in [7, 11) is 0. The zero-order valence-electron chi connectivity index (χ0n) is 19.6. The van der Waals surface area contributed by atoms with Crippen molar-refractivity contribution in [1.82, 2.24) is 9.80 Å². The normalized spacial score (nSPS) is 13.0. The minimum atomic E-state index is -0.205. The van der Waals surface area contributed by atoms with Gasteiger partial charge >= 0.3 is 0 Å². The Morgan fingerprint density at radius 3 is 2.18 bits per heavy atom. The molecule has 0 spiro atoms. The van der Waals surface area contributed by atoms with E-state index in [4.69, 9.17) is 0 Å². The number of nitrogens with zero attached hydrogens (tertiary/aromatic N) is 2. The van der Waals surface area contributed by atoms with E-state index in [1.807, 2.05) is 21.9 Å². The van der Waals surface area contributed by atoms with Crippen LogP contribution in [0.4, 0.5) is 11.4 Å². The number of anilines is 2. The molecule has 7 heteroatoms. The van der Waals surface area contributed by atoms with Gasteiger partial charge in [-0.3, -0.25) is 14.4 Å². The van der Waals surface area contributed by atoms with E-state index in [2.05, 4.69) is 24.5 Å². The molecule has 33 heavy (non-hydrogen) atoms. The number of hydrogen-bond donors (Lipinski definition) is 2. The van der Waals surface area contributed by atoms with Gasteiger partial charge in [-0.25, -0.2) is 0 Å². The quantitative estimate of drug-likeness (QED) is 0.567. The summed E-state index contributed by atoms with van der Waals surface area (Å²) >= 11 is 0. The van der Waals surface area contributed by atoms with Gasteiger partial charge in [-0.15, -0.1) is 0 Å². The zero-order valence-corrected chi connectivity index (χ0v) is 19.6. The molecule has 1 aliphatic heterocycles. The maximum atomic E-state index is 12.8. The van der Waals surface area contributed by atoms with Gasteiger partial charge in [-0.2, -0.15) is 0 Å². The lowest BCUT2D eigenvalue weighted by atomic mass is 10.1. The van der Waals surface area contributed by atoms with Crippen molar-refractivity contribution in [3.05, 3.63) is 59.7 Å². The highest BCUT2D eigenvalue weighted by atomic mass is 16.2. The van der Waals surface area contributed by atoms with Crippen molar-refractivity contribution in [2.75, 3.05) is 43.4 Å². The van der Waals surface area contributed by atoms with E-state index >= 15 is 0 Å². The molecule has 2 aromatic carbocycles. The van der Waals surface area contributed by atoms with Gasteiger partial charge < -0.3 is 20.4 Å². The Kier molecular flexibility index (Phi) is 8.87. The largest absolute Gasteiger partial charge is 0.376 e. The van der Waals surface area contributed by atoms with E-state index in [-0.39, 0.29) is 24.3 Å². The van der Waals surface area contributed by atoms with Crippen LogP contribution in [0.2, 0.25) is 0 Å². The third-order valence-electron chi connectivity index (χ3n) is 5.65. The molecular formula is C26H34N4O3. The van der Waals surface area contributed by atoms with Crippen LogP contribution in [-0.4, -0.2) is 60.2 Å². The summed E-state index contributed by atoms with van der Waals surface area (Å²) in [6.45, 7) is 7.27. The van der Waals surface area contributed by atoms with Crippen LogP contribution in [-0.2, 0) is 4.79 Å². The van der Waals surface area contributed by atoms with E-state index in [1.165, 1.54) is 0 Å². The average molecular weight is 451 g/mol. The van der Waals surface area contributed by atoms with Gasteiger partial charge in [0.1, 0.15) is 0 Å². The highest BCUT2D eigenvalue weighted by Gasteiger charge is 2.19. The molecule has 0 bridgehead atoms. The molecule has 7 nitrogen and oxygen atoms in total. The Morgan fingerprint density at radius 2 is 1.55 bits per heavy atom. The maximum Gasteiger partial charge on any atom is 0.253 e. The van der Waals surface area contributed by atoms with Crippen LogP contribution in [0, 0.1) is 0 Å². The van der Waals surface area contributed by atoms with E-state index in [9.17, 15) is 14.4 Å². The first-order valence-electron chi connectivity index (χ1n) is 11.8. The van der Waals surface area contributed by atoms with Crippen LogP contribution in [0.3, 0.4) is 0 Å². The lowest BCUT2D eigenvalue weighted by molar-refractivity contribution is -0.114. The van der Waals surface area contributed by atoms with Crippen molar-refractivity contribution in [3.8, 4) is 0 Å². The number of likely N-dealkylation sites (tertiary alicyclic amines) is 1. The molecule has 3 rings (SSSR count). The third-order valence-corrected chi connectivity index (χ3v) is 5.65. The first-order valence-corrected chi connectivity index (χ1v) is 11.8. The minimum Gasteiger partial charge on any atom is -0.376 e. The molecule has 2 aromatic rings. The lowest BCUT2D eigenvalue weighted by Gasteiger charge is -2.21. The third kappa shape index (κ3) is 6.81. The number of carbonyl (C=O) groups is 3. The second-order valence-electron chi connectivity index (χ2n) is 8.35. The summed E-state index contributed by atoms with van der Waals surface area (Å²) in [4.78, 5) is 41.4. The number of carbonyl (C=O) groups excluding carboxylic acids is 3. The number of nitrogens with one attached hydrogen (secondary N) is 2. The Labute approximate surface area is 196 Å². The highest BCUT2D eigenvalue weighted by Crippen LogP contribution is 2.16. The van der Waals surface area contributed by atoms with Gasteiger partial charge in [-0.05, 0) is 68.1 Å². The summed E-state index contributed by atoms with van der Waals surface area (Å²) in [6, 6.07) is 14.2. The molecular weight excluding hydrogens is 416 g/mol. The summed E-state index contributed by atoms with van der Waals surface area (Å²) in [5.74, 6) is -0.155. The highest BCUT2D eigenvalue weighted by molar-refractivity contribution is 5.97. The van der Waals surface area contributed by atoms with Crippen molar-refractivity contribution in [1.29, 1.82) is 0 Å². The molecule has 0 saturated carbocycles. The standard InChI is InChI=1S/C26H34N4O3/c1-3-14-29(15-4-2)26(33)21-8-7-9-23(18-21)27-19-24(31)28-22-12-10-20(11-13-22)25(32)30-16-5-6-17-30/h7-13,18,27H,3-6,14-17,19H2,1-2H3,(H,28,31). The molecule has 1 aliphatic rings. The van der Waals surface area contributed by atoms with Gasteiger partial charge in [0, 0.05) is 48.7 Å². The zero-order chi connectivity index (χ0) is 23.6. The molecule has 1 heterocycles. The van der Waals surface area contributed by atoms with Crippen molar-refractivity contribution in [2.45, 2.75) is 39.5 Å². The van der Waals surface area contributed by atoms with Crippen molar-refractivity contribution < 1.29 is 14.4 Å². The Morgan fingerprint density at radius 1 is 0.879 bits per heavy atom. The molecule has 3 amide bonds. The predicted octanol–water partition coefficient (Wildman–Crippen LogP) is 4.24. The first-order chi connectivity index (χ1) is 16.0. The monoisotopic (exact) mass is 450 g/mol. The SMILES string of the molecule is CCCN(CCC)C(=O)c1cccc(NCC(=O)Nc2ccc(C(=O)N3CCCC3)cc2)c1. The molecule has 0 radical (unpaired) electrons. The van der Waals surface area contributed by atoms with E-state index in [0.29, 0.717) is 16.8 Å². The predicted molar refractivity (Wildman–Crippen MR) is 132 cm³/mol. The van der Waals surface area contributed by atoms with E-state index in [0.717, 1.165) is 57.5 Å². The fourth-order valence-electron chi connectivity index (χ4n) is 3.99. The molecule has 0 atom stereocenters. The van der Waals surface area contributed by atoms with E-state index < -0.39 is 0 Å². The van der Waals surface area contributed by atoms with Gasteiger partial charge in [0.05, 0.1) is 6.54 Å². The fraction of sp³-hybridized carbons (Fsp3) is 0.423. The van der Waals surface area contributed by atoms with Gasteiger partial charge in [-0.1, -0.05) is 19.9 Å². The number of rotatable bonds is 10. The lowest BCUT2D eigenvalue weighted by Crippen LogP contribution is -2.32. The Balaban J connectivity index is 1.53. The van der Waals surface area contributed by atoms with E-state index in [1.54, 1.807) is 36.4 Å². The average Bonchev–Trinajstić information content (AvgIpc) is 3.37. The molecule has 0 aromatic heterocycles. The van der Waals surface area contributed by atoms with Crippen LogP contribution in [0.25, 0.3) is 0 Å². The number of hydrogen-bond acceptors (Lipinski definition) is 4. The second-order valence-corrected chi connectivity index (χ2v) is 8.35. The number of amides is 3. The molecule has 1 fully saturated rings. The first kappa shape index (κ1) is 24.3. The molecule has 1 saturated heterocycles. The van der Waals surface area contributed by atoms with Crippen molar-refractivity contribution in [3.63, 3.8) is 0 Å². The topological polar surface area (TPSA) is 81.8 Å². The Bertz CT molecular complexity index is 946. The van der Waals surface area contributed by atoms with Crippen LogP contribution >= 0.6 is 0 Å².